The van der Waals surface area contributed by atoms with Gasteiger partial charge in [0.1, 0.15) is 17.5 Å². The van der Waals surface area contributed by atoms with Crippen molar-refractivity contribution in [3.8, 4) is 0 Å². The van der Waals surface area contributed by atoms with Crippen LogP contribution in [0.3, 0.4) is 0 Å². The van der Waals surface area contributed by atoms with Crippen molar-refractivity contribution in [2.45, 2.75) is 38.8 Å². The van der Waals surface area contributed by atoms with Crippen molar-refractivity contribution in [2.75, 3.05) is 11.9 Å². The highest BCUT2D eigenvalue weighted by molar-refractivity contribution is 7.14. The number of benzene rings is 1. The first-order valence-electron chi connectivity index (χ1n) is 10.1. The summed E-state index contributed by atoms with van der Waals surface area (Å²) in [6.45, 7) is 2.80. The van der Waals surface area contributed by atoms with E-state index >= 15 is 0 Å². The van der Waals surface area contributed by atoms with Crippen LogP contribution in [-0.4, -0.2) is 34.3 Å². The van der Waals surface area contributed by atoms with Crippen molar-refractivity contribution in [2.24, 2.45) is 0 Å². The highest BCUT2D eigenvalue weighted by Gasteiger charge is 2.33. The first-order chi connectivity index (χ1) is 15.0. The van der Waals surface area contributed by atoms with Crippen molar-refractivity contribution >= 4 is 45.6 Å². The molecule has 1 saturated heterocycles. The summed E-state index contributed by atoms with van der Waals surface area (Å²) in [6, 6.07) is 8.64. The van der Waals surface area contributed by atoms with Crippen LogP contribution in [-0.2, 0) is 11.3 Å². The molecule has 0 unspecified atom stereocenters. The van der Waals surface area contributed by atoms with Crippen LogP contribution in [0.4, 0.5) is 10.8 Å². The lowest BCUT2D eigenvalue weighted by Crippen LogP contribution is -2.51. The summed E-state index contributed by atoms with van der Waals surface area (Å²) >= 11 is 7.43. The monoisotopic (exact) mass is 458 g/mol. The second kappa shape index (κ2) is 9.53. The summed E-state index contributed by atoms with van der Waals surface area (Å²) in [5.74, 6) is 0.270. The number of thiazole rings is 1. The average molecular weight is 459 g/mol. The number of carbonyl (C=O) groups excluding carboxylic acids is 2. The third-order valence-electron chi connectivity index (χ3n) is 5.25. The molecule has 31 heavy (non-hydrogen) atoms. The molecule has 2 N–H and O–H groups in total. The number of likely N-dealkylation sites (tertiary alicyclic amines) is 1. The number of hydrogen-bond donors (Lipinski definition) is 2. The van der Waals surface area contributed by atoms with E-state index in [1.54, 1.807) is 28.7 Å². The molecular weight excluding hydrogens is 436 g/mol. The number of anilines is 2. The zero-order chi connectivity index (χ0) is 21.8. The Labute approximate surface area is 189 Å². The SMILES string of the molecule is Cc1ccc(Cl)cc1Nc1nc(C(=O)N2CCCC[C@H]2C(=O)NCc2ccco2)cs1. The molecule has 3 heterocycles. The molecule has 0 spiro atoms. The Morgan fingerprint density at radius 1 is 1.32 bits per heavy atom. The molecule has 2 amide bonds. The fraction of sp³-hybridized carbons (Fsp3) is 0.318. The number of carbonyl (C=O) groups is 2. The standard InChI is InChI=1S/C22H23ClN4O3S/c1-14-7-8-15(23)11-17(14)25-22-26-18(13-31-22)21(29)27-9-3-2-6-19(27)20(28)24-12-16-5-4-10-30-16/h4-5,7-8,10-11,13,19H,2-3,6,9,12H2,1H3,(H,24,28)(H,25,26)/t19-/m0/s1. The molecule has 9 heteroatoms. The zero-order valence-corrected chi connectivity index (χ0v) is 18.6. The number of halogens is 1. The summed E-state index contributed by atoms with van der Waals surface area (Å²) < 4.78 is 5.26. The molecule has 4 rings (SSSR count). The molecule has 1 aliphatic heterocycles. The van der Waals surface area contributed by atoms with Crippen molar-refractivity contribution in [1.29, 1.82) is 0 Å². The second-order valence-electron chi connectivity index (χ2n) is 7.43. The number of nitrogens with one attached hydrogen (secondary N) is 2. The summed E-state index contributed by atoms with van der Waals surface area (Å²) in [6.07, 6.45) is 3.97. The number of rotatable bonds is 6. The molecule has 2 aromatic heterocycles. The maximum absolute atomic E-state index is 13.2. The predicted molar refractivity (Wildman–Crippen MR) is 121 cm³/mol. The van der Waals surface area contributed by atoms with Crippen LogP contribution in [0.1, 0.15) is 41.1 Å². The fourth-order valence-electron chi connectivity index (χ4n) is 3.57. The summed E-state index contributed by atoms with van der Waals surface area (Å²) in [4.78, 5) is 32.0. The van der Waals surface area contributed by atoms with E-state index in [0.717, 1.165) is 24.1 Å². The Bertz CT molecular complexity index is 1070. The lowest BCUT2D eigenvalue weighted by molar-refractivity contribution is -0.126. The first-order valence-corrected chi connectivity index (χ1v) is 11.4. The van der Waals surface area contributed by atoms with Crippen molar-refractivity contribution < 1.29 is 14.0 Å². The predicted octanol–water partition coefficient (Wildman–Crippen LogP) is 4.75. The summed E-state index contributed by atoms with van der Waals surface area (Å²) in [7, 11) is 0. The van der Waals surface area contributed by atoms with Crippen LogP contribution in [0.2, 0.25) is 5.02 Å². The number of hydrogen-bond acceptors (Lipinski definition) is 6. The van der Waals surface area contributed by atoms with Gasteiger partial charge < -0.3 is 20.0 Å². The van der Waals surface area contributed by atoms with Gasteiger partial charge in [0.25, 0.3) is 5.91 Å². The van der Waals surface area contributed by atoms with Crippen LogP contribution in [0.5, 0.6) is 0 Å². The van der Waals surface area contributed by atoms with Gasteiger partial charge >= 0.3 is 0 Å². The molecule has 162 valence electrons. The zero-order valence-electron chi connectivity index (χ0n) is 17.1. The van der Waals surface area contributed by atoms with E-state index in [4.69, 9.17) is 16.0 Å². The van der Waals surface area contributed by atoms with Gasteiger partial charge in [0.2, 0.25) is 5.91 Å². The van der Waals surface area contributed by atoms with Gasteiger partial charge in [-0.3, -0.25) is 9.59 Å². The maximum Gasteiger partial charge on any atom is 0.274 e. The third kappa shape index (κ3) is 5.08. The van der Waals surface area contributed by atoms with Crippen molar-refractivity contribution in [3.63, 3.8) is 0 Å². The molecule has 7 nitrogen and oxygen atoms in total. The Hall–Kier alpha value is -2.84. The average Bonchev–Trinajstić information content (AvgIpc) is 3.46. The van der Waals surface area contributed by atoms with E-state index < -0.39 is 6.04 Å². The van der Waals surface area contributed by atoms with Crippen LogP contribution in [0.15, 0.2) is 46.4 Å². The van der Waals surface area contributed by atoms with E-state index in [1.165, 1.54) is 11.3 Å². The van der Waals surface area contributed by atoms with Crippen LogP contribution in [0, 0.1) is 6.92 Å². The number of aromatic nitrogens is 1. The van der Waals surface area contributed by atoms with Crippen molar-refractivity contribution in [1.82, 2.24) is 15.2 Å². The highest BCUT2D eigenvalue weighted by Crippen LogP contribution is 2.27. The molecule has 0 radical (unpaired) electrons. The van der Waals surface area contributed by atoms with E-state index in [2.05, 4.69) is 15.6 Å². The van der Waals surface area contributed by atoms with Crippen LogP contribution < -0.4 is 10.6 Å². The Balaban J connectivity index is 1.44. The van der Waals surface area contributed by atoms with Gasteiger partial charge in [-0.1, -0.05) is 17.7 Å². The Morgan fingerprint density at radius 3 is 3.00 bits per heavy atom. The third-order valence-corrected chi connectivity index (χ3v) is 6.24. The van der Waals surface area contributed by atoms with Crippen LogP contribution >= 0.6 is 22.9 Å². The molecule has 1 atom stereocenters. The number of amides is 2. The molecular formula is C22H23ClN4O3S. The van der Waals surface area contributed by atoms with Gasteiger partial charge in [-0.2, -0.15) is 0 Å². The largest absolute Gasteiger partial charge is 0.467 e. The van der Waals surface area contributed by atoms with Gasteiger partial charge in [0.05, 0.1) is 12.8 Å². The lowest BCUT2D eigenvalue weighted by Gasteiger charge is -2.34. The van der Waals surface area contributed by atoms with Gasteiger partial charge in [-0.15, -0.1) is 11.3 Å². The maximum atomic E-state index is 13.2. The summed E-state index contributed by atoms with van der Waals surface area (Å²) in [5, 5.41) is 9.04. The van der Waals surface area contributed by atoms with Gasteiger partial charge in [-0.25, -0.2) is 4.98 Å². The number of nitrogens with zero attached hydrogens (tertiary/aromatic N) is 2. The minimum atomic E-state index is -0.510. The Morgan fingerprint density at radius 2 is 2.19 bits per heavy atom. The minimum absolute atomic E-state index is 0.174. The number of furan rings is 1. The Kier molecular flexibility index (Phi) is 6.58. The number of aryl methyl sites for hydroxylation is 1. The summed E-state index contributed by atoms with van der Waals surface area (Å²) in [5.41, 5.74) is 2.20. The minimum Gasteiger partial charge on any atom is -0.467 e. The van der Waals surface area contributed by atoms with Crippen LogP contribution in [0.25, 0.3) is 0 Å². The smallest absolute Gasteiger partial charge is 0.274 e. The quantitative estimate of drug-likeness (QED) is 0.556. The van der Waals surface area contributed by atoms with E-state index in [9.17, 15) is 9.59 Å². The molecule has 0 saturated carbocycles. The molecule has 3 aromatic rings. The van der Waals surface area contributed by atoms with Crippen molar-refractivity contribution in [3.05, 3.63) is 64.0 Å². The van der Waals surface area contributed by atoms with E-state index in [0.29, 0.717) is 41.1 Å². The molecule has 1 aliphatic rings. The molecule has 0 aliphatic carbocycles. The highest BCUT2D eigenvalue weighted by atomic mass is 35.5. The van der Waals surface area contributed by atoms with E-state index in [1.807, 2.05) is 25.1 Å². The lowest BCUT2D eigenvalue weighted by atomic mass is 10.0. The molecule has 1 aromatic carbocycles. The van der Waals surface area contributed by atoms with Gasteiger partial charge in [0.15, 0.2) is 5.13 Å². The fourth-order valence-corrected chi connectivity index (χ4v) is 4.44. The molecule has 1 fully saturated rings. The number of piperidine rings is 1. The topological polar surface area (TPSA) is 87.5 Å². The molecule has 0 bridgehead atoms. The second-order valence-corrected chi connectivity index (χ2v) is 8.72. The first kappa shape index (κ1) is 21.4. The van der Waals surface area contributed by atoms with E-state index in [-0.39, 0.29) is 11.8 Å². The van der Waals surface area contributed by atoms with Gasteiger partial charge in [0, 0.05) is 22.6 Å². The normalized spacial score (nSPS) is 16.2. The van der Waals surface area contributed by atoms with Gasteiger partial charge in [-0.05, 0) is 56.0 Å².